The summed E-state index contributed by atoms with van der Waals surface area (Å²) in [5.41, 5.74) is -0.867. The minimum Gasteiger partial charge on any atom is -0.465 e. The third kappa shape index (κ3) is 4.65. The van der Waals surface area contributed by atoms with Gasteiger partial charge < -0.3 is 15.0 Å². The Labute approximate surface area is 142 Å². The van der Waals surface area contributed by atoms with Gasteiger partial charge in [0, 0.05) is 38.4 Å². The van der Waals surface area contributed by atoms with Gasteiger partial charge in [-0.3, -0.25) is 9.59 Å². The number of rotatable bonds is 5. The monoisotopic (exact) mass is 346 g/mol. The van der Waals surface area contributed by atoms with Gasteiger partial charge in [0.15, 0.2) is 0 Å². The van der Waals surface area contributed by atoms with E-state index in [1.54, 1.807) is 18.7 Å². The number of carbonyl (C=O) groups is 2. The quantitative estimate of drug-likeness (QED) is 0.777. The lowest BCUT2D eigenvalue weighted by Gasteiger charge is -2.43. The van der Waals surface area contributed by atoms with Crippen molar-refractivity contribution in [3.8, 4) is 0 Å². The third-order valence-corrected chi connectivity index (χ3v) is 4.96. The summed E-state index contributed by atoms with van der Waals surface area (Å²) in [6, 6.07) is -0.149. The van der Waals surface area contributed by atoms with Gasteiger partial charge >= 0.3 is 5.97 Å². The fourth-order valence-electron chi connectivity index (χ4n) is 3.50. The van der Waals surface area contributed by atoms with E-state index in [9.17, 15) is 18.4 Å². The van der Waals surface area contributed by atoms with Crippen LogP contribution in [0.4, 0.5) is 8.78 Å². The van der Waals surface area contributed by atoms with Gasteiger partial charge in [0.2, 0.25) is 11.8 Å². The molecule has 0 aromatic heterocycles. The number of carbonyl (C=O) groups excluding carboxylic acids is 2. The number of hydrogen-bond acceptors (Lipinski definition) is 4. The van der Waals surface area contributed by atoms with Crippen molar-refractivity contribution in [3.63, 3.8) is 0 Å². The van der Waals surface area contributed by atoms with Gasteiger partial charge in [0.1, 0.15) is 6.61 Å². The second-order valence-corrected chi connectivity index (χ2v) is 7.61. The van der Waals surface area contributed by atoms with E-state index in [1.807, 2.05) is 0 Å². The van der Waals surface area contributed by atoms with Crippen LogP contribution >= 0.6 is 0 Å². The van der Waals surface area contributed by atoms with Crippen molar-refractivity contribution < 1.29 is 23.1 Å². The van der Waals surface area contributed by atoms with Crippen LogP contribution in [-0.4, -0.2) is 54.5 Å². The van der Waals surface area contributed by atoms with E-state index in [2.05, 4.69) is 5.32 Å². The highest BCUT2D eigenvalue weighted by Gasteiger charge is 2.44. The summed E-state index contributed by atoms with van der Waals surface area (Å²) in [6.45, 7) is 6.29. The van der Waals surface area contributed by atoms with Crippen LogP contribution in [0.15, 0.2) is 0 Å². The van der Waals surface area contributed by atoms with Crippen molar-refractivity contribution in [3.05, 3.63) is 0 Å². The number of esters is 1. The van der Waals surface area contributed by atoms with Crippen LogP contribution < -0.4 is 5.32 Å². The maximum atomic E-state index is 13.5. The van der Waals surface area contributed by atoms with Crippen LogP contribution in [0.2, 0.25) is 0 Å². The minimum atomic E-state index is -2.62. The van der Waals surface area contributed by atoms with Crippen molar-refractivity contribution >= 4 is 11.9 Å². The molecule has 1 heterocycles. The van der Waals surface area contributed by atoms with Gasteiger partial charge in [0.05, 0.1) is 5.41 Å². The van der Waals surface area contributed by atoms with Gasteiger partial charge in [-0.05, 0) is 39.7 Å². The Morgan fingerprint density at radius 1 is 1.21 bits per heavy atom. The molecule has 5 nitrogen and oxygen atoms in total. The summed E-state index contributed by atoms with van der Waals surface area (Å²) in [4.78, 5) is 26.0. The van der Waals surface area contributed by atoms with Crippen LogP contribution in [-0.2, 0) is 14.3 Å². The van der Waals surface area contributed by atoms with Gasteiger partial charge in [-0.25, -0.2) is 8.78 Å². The lowest BCUT2D eigenvalue weighted by molar-refractivity contribution is -0.156. The molecule has 2 fully saturated rings. The molecule has 138 valence electrons. The summed E-state index contributed by atoms with van der Waals surface area (Å²) < 4.78 is 32.0. The summed E-state index contributed by atoms with van der Waals surface area (Å²) >= 11 is 0. The first-order chi connectivity index (χ1) is 11.1. The minimum absolute atomic E-state index is 0.000689. The molecule has 1 saturated heterocycles. The zero-order chi connectivity index (χ0) is 18.0. The van der Waals surface area contributed by atoms with Crippen LogP contribution in [0.25, 0.3) is 0 Å². The molecule has 7 heteroatoms. The molecule has 0 radical (unpaired) electrons. The predicted octanol–water partition coefficient (Wildman–Crippen LogP) is 2.34. The van der Waals surface area contributed by atoms with E-state index in [1.165, 1.54) is 6.92 Å². The molecule has 1 aliphatic heterocycles. The average Bonchev–Trinajstić information content (AvgIpc) is 3.01. The van der Waals surface area contributed by atoms with E-state index >= 15 is 0 Å². The summed E-state index contributed by atoms with van der Waals surface area (Å²) in [5, 5.41) is 3.24. The lowest BCUT2D eigenvalue weighted by atomic mass is 9.86. The maximum Gasteiger partial charge on any atom is 0.302 e. The standard InChI is InChI=1S/C17H28F2N2O3/c1-12(22)24-11-16(2,3)15(23)21(14-6-9-20-10-14)13-4-7-17(18,19)8-5-13/h13-14,20H,4-11H2,1-3H3. The highest BCUT2D eigenvalue weighted by molar-refractivity contribution is 5.83. The number of nitrogens with zero attached hydrogens (tertiary/aromatic N) is 1. The normalized spacial score (nSPS) is 24.6. The number of amides is 1. The fourth-order valence-corrected chi connectivity index (χ4v) is 3.50. The Morgan fingerprint density at radius 3 is 2.33 bits per heavy atom. The molecule has 2 rings (SSSR count). The first-order valence-corrected chi connectivity index (χ1v) is 8.67. The fraction of sp³-hybridized carbons (Fsp3) is 0.882. The lowest BCUT2D eigenvalue weighted by Crippen LogP contribution is -2.55. The van der Waals surface area contributed by atoms with Crippen molar-refractivity contribution in [2.24, 2.45) is 5.41 Å². The Morgan fingerprint density at radius 2 is 1.83 bits per heavy atom. The Bertz CT molecular complexity index is 466. The SMILES string of the molecule is CC(=O)OCC(C)(C)C(=O)N(C1CCC(F)(F)CC1)C1CCNC1. The largest absolute Gasteiger partial charge is 0.465 e. The molecule has 0 bridgehead atoms. The molecule has 1 N–H and O–H groups in total. The van der Waals surface area contributed by atoms with Crippen molar-refractivity contribution in [1.82, 2.24) is 10.2 Å². The molecule has 2 aliphatic rings. The molecular weight excluding hydrogens is 318 g/mol. The first kappa shape index (κ1) is 19.1. The Hall–Kier alpha value is -1.24. The summed E-state index contributed by atoms with van der Waals surface area (Å²) in [5.74, 6) is -3.17. The zero-order valence-corrected chi connectivity index (χ0v) is 14.7. The number of ether oxygens (including phenoxy) is 1. The Balaban J connectivity index is 2.13. The second kappa shape index (κ2) is 7.33. The van der Waals surface area contributed by atoms with Crippen molar-refractivity contribution in [2.45, 2.75) is 70.9 Å². The molecule has 24 heavy (non-hydrogen) atoms. The summed E-state index contributed by atoms with van der Waals surface area (Å²) in [6.07, 6.45) is 1.11. The van der Waals surface area contributed by atoms with Gasteiger partial charge in [-0.15, -0.1) is 0 Å². The highest BCUT2D eigenvalue weighted by atomic mass is 19.3. The molecule has 0 spiro atoms. The van der Waals surface area contributed by atoms with Gasteiger partial charge in [-0.1, -0.05) is 0 Å². The molecule has 1 unspecified atom stereocenters. The molecular formula is C17H28F2N2O3. The van der Waals surface area contributed by atoms with E-state index in [-0.39, 0.29) is 37.4 Å². The smallest absolute Gasteiger partial charge is 0.302 e. The van der Waals surface area contributed by atoms with Crippen molar-refractivity contribution in [2.75, 3.05) is 19.7 Å². The maximum absolute atomic E-state index is 13.5. The Kier molecular flexibility index (Phi) is 5.83. The number of halogens is 2. The van der Waals surface area contributed by atoms with Gasteiger partial charge in [0.25, 0.3) is 0 Å². The molecule has 0 aromatic carbocycles. The number of nitrogens with one attached hydrogen (secondary N) is 1. The average molecular weight is 346 g/mol. The molecule has 1 saturated carbocycles. The van der Waals surface area contributed by atoms with Crippen LogP contribution in [0.3, 0.4) is 0 Å². The summed E-state index contributed by atoms with van der Waals surface area (Å²) in [7, 11) is 0. The second-order valence-electron chi connectivity index (χ2n) is 7.61. The topological polar surface area (TPSA) is 58.6 Å². The molecule has 1 amide bonds. The van der Waals surface area contributed by atoms with Crippen LogP contribution in [0.5, 0.6) is 0 Å². The zero-order valence-electron chi connectivity index (χ0n) is 14.7. The number of hydrogen-bond donors (Lipinski definition) is 1. The predicted molar refractivity (Wildman–Crippen MR) is 85.7 cm³/mol. The van der Waals surface area contributed by atoms with E-state index in [4.69, 9.17) is 4.74 Å². The van der Waals surface area contributed by atoms with Crippen LogP contribution in [0, 0.1) is 5.41 Å². The molecule has 0 aromatic rings. The third-order valence-electron chi connectivity index (χ3n) is 4.96. The molecule has 1 aliphatic carbocycles. The van der Waals surface area contributed by atoms with Gasteiger partial charge in [-0.2, -0.15) is 0 Å². The highest BCUT2D eigenvalue weighted by Crippen LogP contribution is 2.37. The molecule has 1 atom stereocenters. The van der Waals surface area contributed by atoms with Crippen molar-refractivity contribution in [1.29, 1.82) is 0 Å². The van der Waals surface area contributed by atoms with E-state index in [0.717, 1.165) is 13.0 Å². The van der Waals surface area contributed by atoms with E-state index < -0.39 is 17.3 Å². The van der Waals surface area contributed by atoms with Crippen LogP contribution in [0.1, 0.15) is 52.9 Å². The number of alkyl halides is 2. The first-order valence-electron chi connectivity index (χ1n) is 8.67. The van der Waals surface area contributed by atoms with E-state index in [0.29, 0.717) is 19.4 Å².